The molecule has 0 saturated heterocycles. The predicted molar refractivity (Wildman–Crippen MR) is 220 cm³/mol. The first-order chi connectivity index (χ1) is 27.9. The number of benzene rings is 6. The van der Waals surface area contributed by atoms with Gasteiger partial charge in [-0.2, -0.15) is 0 Å². The Balaban J connectivity index is 1.49. The molecule has 0 amide bonds. The van der Waals surface area contributed by atoms with E-state index in [1.807, 2.05) is 0 Å². The SMILES string of the molecule is Nc1ccc(ON2P(Oc3ccc(N)cc3)N=P(Oc3ccc([N+](=O)[O-])cc3)(Oc3ccc([N+](=O)[O-])cc3)N(Oc3ccc(N)cc3)P2Oc2ccc(N)cc2)cc1. The molecule has 6 aromatic rings. The van der Waals surface area contributed by atoms with E-state index in [4.69, 9.17) is 55.2 Å². The van der Waals surface area contributed by atoms with Crippen LogP contribution in [-0.2, 0) is 0 Å². The molecular weight excluding hydrogens is 811 g/mol. The Morgan fingerprint density at radius 3 is 1.22 bits per heavy atom. The van der Waals surface area contributed by atoms with E-state index in [0.717, 1.165) is 0 Å². The zero-order chi connectivity index (χ0) is 40.8. The first-order valence-electron chi connectivity index (χ1n) is 16.8. The van der Waals surface area contributed by atoms with Crippen molar-refractivity contribution in [3.05, 3.63) is 166 Å². The van der Waals surface area contributed by atoms with Crippen molar-refractivity contribution in [1.82, 2.24) is 9.21 Å². The highest BCUT2D eigenvalue weighted by atomic mass is 31.3. The summed E-state index contributed by atoms with van der Waals surface area (Å²) in [5, 5.41) is 23.2. The summed E-state index contributed by atoms with van der Waals surface area (Å²) >= 11 is 0. The summed E-state index contributed by atoms with van der Waals surface area (Å²) in [6, 6.07) is 36.4. The predicted octanol–water partition coefficient (Wildman–Crippen LogP) is 9.45. The molecule has 0 saturated carbocycles. The molecule has 2 unspecified atom stereocenters. The van der Waals surface area contributed by atoms with Gasteiger partial charge in [0.1, 0.15) is 34.5 Å². The molecule has 0 spiro atoms. The van der Waals surface area contributed by atoms with Gasteiger partial charge in [0, 0.05) is 56.2 Å². The Kier molecular flexibility index (Phi) is 11.6. The Hall–Kier alpha value is -6.87. The van der Waals surface area contributed by atoms with Crippen LogP contribution in [-0.4, -0.2) is 19.1 Å². The normalized spacial score (nSPS) is 16.3. The van der Waals surface area contributed by atoms with Gasteiger partial charge in [-0.25, -0.2) is 0 Å². The summed E-state index contributed by atoms with van der Waals surface area (Å²) in [7, 11) is -9.22. The summed E-state index contributed by atoms with van der Waals surface area (Å²) in [6.07, 6.45) is 0. The minimum atomic E-state index is -4.27. The highest BCUT2D eigenvalue weighted by Gasteiger charge is 2.58. The molecule has 0 aliphatic carbocycles. The summed E-state index contributed by atoms with van der Waals surface area (Å²) < 4.78 is 34.5. The number of nitro benzene ring substituents is 2. The number of anilines is 4. The van der Waals surface area contributed by atoms with Crippen molar-refractivity contribution in [2.45, 2.75) is 0 Å². The van der Waals surface area contributed by atoms with Crippen LogP contribution in [0, 0.1) is 20.2 Å². The van der Waals surface area contributed by atoms with Gasteiger partial charge in [-0.3, -0.25) is 20.2 Å². The number of nitrogens with zero attached hydrogens (tertiary/aromatic N) is 5. The second-order valence-corrected chi connectivity index (χ2v) is 17.4. The molecular formula is C36H32N9O10P3. The number of hydrogen-bond acceptors (Lipinski definition) is 17. The van der Waals surface area contributed by atoms with Crippen molar-refractivity contribution in [1.29, 1.82) is 0 Å². The van der Waals surface area contributed by atoms with Crippen LogP contribution >= 0.6 is 24.6 Å². The lowest BCUT2D eigenvalue weighted by Crippen LogP contribution is -2.37. The maximum absolute atomic E-state index is 11.6. The average molecular weight is 844 g/mol. The van der Waals surface area contributed by atoms with Crippen molar-refractivity contribution >= 4 is 58.7 Å². The summed E-state index contributed by atoms with van der Waals surface area (Å²) in [5.74, 6) is 1.26. The van der Waals surface area contributed by atoms with Crippen LogP contribution in [0.15, 0.2) is 150 Å². The molecule has 1 aliphatic heterocycles. The fourth-order valence-electron chi connectivity index (χ4n) is 4.82. The zero-order valence-electron chi connectivity index (χ0n) is 29.8. The van der Waals surface area contributed by atoms with Crippen molar-refractivity contribution in [3.63, 3.8) is 0 Å². The molecule has 0 fully saturated rings. The van der Waals surface area contributed by atoms with Crippen LogP contribution in [0.4, 0.5) is 34.1 Å². The maximum atomic E-state index is 11.6. The van der Waals surface area contributed by atoms with E-state index in [1.165, 1.54) is 57.7 Å². The van der Waals surface area contributed by atoms with Crippen LogP contribution in [0.5, 0.6) is 34.5 Å². The number of nitro groups is 2. The fourth-order valence-corrected chi connectivity index (χ4v) is 12.3. The number of nitrogens with two attached hydrogens (primary N) is 4. The quantitative estimate of drug-likeness (QED) is 0.0344. The van der Waals surface area contributed by atoms with Gasteiger partial charge in [-0.1, -0.05) is 0 Å². The zero-order valence-corrected chi connectivity index (χ0v) is 32.5. The summed E-state index contributed by atoms with van der Waals surface area (Å²) in [6.45, 7) is 0. The minimum absolute atomic E-state index is 0.0632. The van der Waals surface area contributed by atoms with Gasteiger partial charge in [0.25, 0.3) is 11.4 Å². The maximum Gasteiger partial charge on any atom is 0.447 e. The van der Waals surface area contributed by atoms with E-state index in [-0.39, 0.29) is 28.6 Å². The lowest BCUT2D eigenvalue weighted by Gasteiger charge is -2.43. The third-order valence-corrected chi connectivity index (χ3v) is 14.5. The molecule has 58 heavy (non-hydrogen) atoms. The summed E-state index contributed by atoms with van der Waals surface area (Å²) in [5.41, 5.74) is 25.5. The van der Waals surface area contributed by atoms with Gasteiger partial charge < -0.3 is 50.7 Å². The van der Waals surface area contributed by atoms with Crippen LogP contribution < -0.4 is 50.7 Å². The van der Waals surface area contributed by atoms with E-state index >= 15 is 0 Å². The molecule has 296 valence electrons. The lowest BCUT2D eigenvalue weighted by atomic mass is 10.3. The van der Waals surface area contributed by atoms with Gasteiger partial charge in [0.05, 0.1) is 9.85 Å². The molecule has 0 radical (unpaired) electrons. The molecule has 8 N–H and O–H groups in total. The largest absolute Gasteiger partial charge is 0.447 e. The Morgan fingerprint density at radius 1 is 0.483 bits per heavy atom. The molecule has 1 heterocycles. The summed E-state index contributed by atoms with van der Waals surface area (Å²) in [4.78, 5) is 35.3. The van der Waals surface area contributed by atoms with Gasteiger partial charge in [0.2, 0.25) is 0 Å². The monoisotopic (exact) mass is 843 g/mol. The number of hydrogen-bond donors (Lipinski definition) is 4. The van der Waals surface area contributed by atoms with Crippen molar-refractivity contribution in [2.75, 3.05) is 22.9 Å². The van der Waals surface area contributed by atoms with Crippen molar-refractivity contribution in [2.24, 2.45) is 4.52 Å². The molecule has 0 bridgehead atoms. The van der Waals surface area contributed by atoms with Crippen LogP contribution in [0.2, 0.25) is 0 Å². The first-order valence-corrected chi connectivity index (χ1v) is 20.6. The Bertz CT molecular complexity index is 2370. The number of rotatable bonds is 14. The molecule has 2 atom stereocenters. The molecule has 1 aliphatic rings. The van der Waals surface area contributed by atoms with E-state index in [1.54, 1.807) is 97.1 Å². The van der Waals surface area contributed by atoms with E-state index < -0.39 is 34.4 Å². The molecule has 7 rings (SSSR count). The minimum Gasteiger partial charge on any atom is -0.440 e. The third-order valence-electron chi connectivity index (χ3n) is 7.66. The van der Waals surface area contributed by atoms with E-state index in [0.29, 0.717) is 40.0 Å². The number of non-ortho nitro benzene ring substituents is 2. The second-order valence-electron chi connectivity index (χ2n) is 11.9. The number of nitrogen functional groups attached to an aromatic ring is 4. The van der Waals surface area contributed by atoms with Gasteiger partial charge in [-0.05, 0) is 121 Å². The van der Waals surface area contributed by atoms with Crippen LogP contribution in [0.1, 0.15) is 0 Å². The van der Waals surface area contributed by atoms with Crippen LogP contribution in [0.3, 0.4) is 0 Å². The van der Waals surface area contributed by atoms with E-state index in [2.05, 4.69) is 0 Å². The highest BCUT2D eigenvalue weighted by molar-refractivity contribution is 7.78. The van der Waals surface area contributed by atoms with Crippen LogP contribution in [0.25, 0.3) is 0 Å². The van der Waals surface area contributed by atoms with Gasteiger partial charge in [0.15, 0.2) is 0 Å². The smallest absolute Gasteiger partial charge is 0.440 e. The second kappa shape index (κ2) is 17.1. The Morgan fingerprint density at radius 2 is 0.828 bits per heavy atom. The Labute approximate surface area is 332 Å². The topological polar surface area (TPSA) is 265 Å². The molecule has 6 aromatic carbocycles. The third kappa shape index (κ3) is 9.38. The fraction of sp³-hybridized carbons (Fsp3) is 0. The molecule has 0 aromatic heterocycles. The lowest BCUT2D eigenvalue weighted by molar-refractivity contribution is -0.385. The van der Waals surface area contributed by atoms with Crippen molar-refractivity contribution < 1.29 is 37.6 Å². The molecule has 22 heteroatoms. The average Bonchev–Trinajstić information content (AvgIpc) is 3.21. The van der Waals surface area contributed by atoms with E-state index in [9.17, 15) is 20.2 Å². The van der Waals surface area contributed by atoms with Gasteiger partial charge in [-0.15, -0.1) is 4.52 Å². The van der Waals surface area contributed by atoms with Crippen molar-refractivity contribution in [3.8, 4) is 34.5 Å². The first kappa shape index (κ1) is 39.4. The molecule has 19 nitrogen and oxygen atoms in total. The highest BCUT2D eigenvalue weighted by Crippen LogP contribution is 2.77. The van der Waals surface area contributed by atoms with Gasteiger partial charge >= 0.3 is 24.6 Å². The standard InChI is InChI=1S/C36H32N9O10P3/c37-25-1-13-31(14-2-25)50-44-56(52-33-17-5-27(39)6-18-33)41-58(54-35-21-9-29(10-22-35)42(46)47,55-36-23-11-30(12-24-36)43(48)49)45(51-32-15-3-26(38)4-16-32)57(44)53-34-19-7-28(40)8-20-34/h1-24H,37-40H2.